The Hall–Kier alpha value is -0.990. The van der Waals surface area contributed by atoms with Gasteiger partial charge in [-0.15, -0.1) is 6.58 Å². The van der Waals surface area contributed by atoms with Crippen LogP contribution in [0.3, 0.4) is 0 Å². The summed E-state index contributed by atoms with van der Waals surface area (Å²) in [6, 6.07) is 0. The second kappa shape index (κ2) is 6.97. The van der Waals surface area contributed by atoms with E-state index in [9.17, 15) is 0 Å². The lowest BCUT2D eigenvalue weighted by molar-refractivity contribution is 0.387. The van der Waals surface area contributed by atoms with Gasteiger partial charge in [0.25, 0.3) is 0 Å². The highest BCUT2D eigenvalue weighted by molar-refractivity contribution is 5.79. The van der Waals surface area contributed by atoms with Gasteiger partial charge in [-0.1, -0.05) is 6.08 Å². The Bertz CT molecular complexity index is 304. The molecule has 19 heavy (non-hydrogen) atoms. The molecule has 0 aromatic rings. The number of hydrogen-bond acceptors (Lipinski definition) is 1. The van der Waals surface area contributed by atoms with Crippen LogP contribution in [0.1, 0.15) is 38.5 Å². The second-order valence-electron chi connectivity index (χ2n) is 6.12. The van der Waals surface area contributed by atoms with Crippen molar-refractivity contribution in [1.29, 1.82) is 0 Å². The molecule has 0 aliphatic heterocycles. The van der Waals surface area contributed by atoms with E-state index in [0.29, 0.717) is 0 Å². The first kappa shape index (κ1) is 14.4. The number of hydrogen-bond donors (Lipinski definition) is 1. The van der Waals surface area contributed by atoms with Crippen molar-refractivity contribution >= 4 is 5.96 Å². The first-order valence-electron chi connectivity index (χ1n) is 7.79. The van der Waals surface area contributed by atoms with Crippen LogP contribution < -0.4 is 5.32 Å². The molecule has 0 unspecified atom stereocenters. The van der Waals surface area contributed by atoms with Crippen molar-refractivity contribution in [2.45, 2.75) is 38.5 Å². The standard InChI is InChI=1S/C16H29N3/c1-4-5-6-11-19(3)16(17-2)18-12-15(13-7-8-13)14-9-10-14/h4,13-15H,1,5-12H2,2-3H3,(H,17,18). The van der Waals surface area contributed by atoms with Crippen LogP contribution in [0.15, 0.2) is 17.6 Å². The summed E-state index contributed by atoms with van der Waals surface area (Å²) in [5, 5.41) is 3.59. The van der Waals surface area contributed by atoms with Gasteiger partial charge in [0, 0.05) is 27.2 Å². The average Bonchev–Trinajstić information content (AvgIpc) is 3.28. The van der Waals surface area contributed by atoms with E-state index >= 15 is 0 Å². The Labute approximate surface area is 118 Å². The highest BCUT2D eigenvalue weighted by Gasteiger charge is 2.41. The molecule has 3 heteroatoms. The van der Waals surface area contributed by atoms with Crippen molar-refractivity contribution in [1.82, 2.24) is 10.2 Å². The van der Waals surface area contributed by atoms with Crippen molar-refractivity contribution in [3.8, 4) is 0 Å². The topological polar surface area (TPSA) is 27.6 Å². The van der Waals surface area contributed by atoms with Crippen LogP contribution in [0.25, 0.3) is 0 Å². The Morgan fingerprint density at radius 2 is 2.00 bits per heavy atom. The van der Waals surface area contributed by atoms with Gasteiger partial charge < -0.3 is 10.2 Å². The number of guanidine groups is 1. The van der Waals surface area contributed by atoms with Crippen molar-refractivity contribution in [3.63, 3.8) is 0 Å². The van der Waals surface area contributed by atoms with E-state index in [2.05, 4.69) is 28.8 Å². The molecule has 2 fully saturated rings. The third-order valence-corrected chi connectivity index (χ3v) is 4.43. The van der Waals surface area contributed by atoms with Crippen molar-refractivity contribution in [2.24, 2.45) is 22.7 Å². The minimum Gasteiger partial charge on any atom is -0.356 e. The van der Waals surface area contributed by atoms with Gasteiger partial charge in [-0.25, -0.2) is 0 Å². The zero-order valence-corrected chi connectivity index (χ0v) is 12.6. The fraction of sp³-hybridized carbons (Fsp3) is 0.812. The lowest BCUT2D eigenvalue weighted by atomic mass is 9.98. The second-order valence-corrected chi connectivity index (χ2v) is 6.12. The molecular weight excluding hydrogens is 234 g/mol. The quantitative estimate of drug-likeness (QED) is 0.315. The van der Waals surface area contributed by atoms with Gasteiger partial charge >= 0.3 is 0 Å². The van der Waals surface area contributed by atoms with Crippen LogP contribution in [-0.2, 0) is 0 Å². The van der Waals surface area contributed by atoms with Gasteiger partial charge in [-0.05, 0) is 56.3 Å². The molecule has 2 rings (SSSR count). The summed E-state index contributed by atoms with van der Waals surface area (Å²) in [5.41, 5.74) is 0. The molecule has 0 aromatic carbocycles. The van der Waals surface area contributed by atoms with Crippen molar-refractivity contribution in [2.75, 3.05) is 27.2 Å². The van der Waals surface area contributed by atoms with Crippen LogP contribution in [-0.4, -0.2) is 38.0 Å². The molecule has 1 N–H and O–H groups in total. The van der Waals surface area contributed by atoms with Gasteiger partial charge in [-0.3, -0.25) is 4.99 Å². The molecule has 0 amide bonds. The van der Waals surface area contributed by atoms with Gasteiger partial charge in [0.2, 0.25) is 0 Å². The molecular formula is C16H29N3. The largest absolute Gasteiger partial charge is 0.356 e. The van der Waals surface area contributed by atoms with Gasteiger partial charge in [0.1, 0.15) is 0 Å². The third-order valence-electron chi connectivity index (χ3n) is 4.43. The summed E-state index contributed by atoms with van der Waals surface area (Å²) in [5.74, 6) is 3.96. The Morgan fingerprint density at radius 1 is 1.37 bits per heavy atom. The lowest BCUT2D eigenvalue weighted by Gasteiger charge is -2.24. The third kappa shape index (κ3) is 4.55. The zero-order valence-electron chi connectivity index (χ0n) is 12.6. The Balaban J connectivity index is 1.73. The first-order valence-corrected chi connectivity index (χ1v) is 7.79. The fourth-order valence-corrected chi connectivity index (χ4v) is 2.94. The number of allylic oxidation sites excluding steroid dienone is 1. The molecule has 2 aliphatic carbocycles. The summed E-state index contributed by atoms with van der Waals surface area (Å²) in [4.78, 5) is 6.64. The predicted octanol–water partition coefficient (Wildman–Crippen LogP) is 2.90. The fourth-order valence-electron chi connectivity index (χ4n) is 2.94. The molecule has 108 valence electrons. The molecule has 0 saturated heterocycles. The van der Waals surface area contributed by atoms with Crippen LogP contribution in [0.2, 0.25) is 0 Å². The minimum absolute atomic E-state index is 0.901. The summed E-state index contributed by atoms with van der Waals surface area (Å²) < 4.78 is 0. The SMILES string of the molecule is C=CCCCN(C)C(=NC)NCC(C1CC1)C1CC1. The molecule has 0 atom stereocenters. The minimum atomic E-state index is 0.901. The highest BCUT2D eigenvalue weighted by atomic mass is 15.3. The zero-order chi connectivity index (χ0) is 13.7. The van der Waals surface area contributed by atoms with Gasteiger partial charge in [0.05, 0.1) is 0 Å². The molecule has 0 bridgehead atoms. The average molecular weight is 263 g/mol. The number of aliphatic imine (C=N–C) groups is 1. The molecule has 0 radical (unpaired) electrons. The monoisotopic (exact) mass is 263 g/mol. The summed E-state index contributed by atoms with van der Waals surface area (Å²) in [6.07, 6.45) is 10.0. The molecule has 2 saturated carbocycles. The number of rotatable bonds is 8. The molecule has 3 nitrogen and oxygen atoms in total. The van der Waals surface area contributed by atoms with E-state index in [1.807, 2.05) is 13.1 Å². The summed E-state index contributed by atoms with van der Waals surface area (Å²) >= 11 is 0. The molecule has 2 aliphatic rings. The molecule has 0 spiro atoms. The summed E-state index contributed by atoms with van der Waals surface area (Å²) in [6.45, 7) is 5.93. The van der Waals surface area contributed by atoms with E-state index in [-0.39, 0.29) is 0 Å². The van der Waals surface area contributed by atoms with E-state index in [4.69, 9.17) is 0 Å². The molecule has 0 aromatic heterocycles. The van der Waals surface area contributed by atoms with E-state index in [0.717, 1.165) is 49.6 Å². The molecule has 0 heterocycles. The Kier molecular flexibility index (Phi) is 5.29. The van der Waals surface area contributed by atoms with Crippen LogP contribution in [0.4, 0.5) is 0 Å². The van der Waals surface area contributed by atoms with Crippen molar-refractivity contribution in [3.05, 3.63) is 12.7 Å². The maximum absolute atomic E-state index is 4.40. The smallest absolute Gasteiger partial charge is 0.193 e. The normalized spacial score (nSPS) is 19.6. The number of nitrogens with zero attached hydrogens (tertiary/aromatic N) is 2. The number of unbranched alkanes of at least 4 members (excludes halogenated alkanes) is 1. The maximum Gasteiger partial charge on any atom is 0.193 e. The maximum atomic E-state index is 4.40. The van der Waals surface area contributed by atoms with Crippen LogP contribution in [0.5, 0.6) is 0 Å². The lowest BCUT2D eigenvalue weighted by Crippen LogP contribution is -2.42. The highest BCUT2D eigenvalue weighted by Crippen LogP contribution is 2.48. The summed E-state index contributed by atoms with van der Waals surface area (Å²) in [7, 11) is 4.01. The van der Waals surface area contributed by atoms with Crippen molar-refractivity contribution < 1.29 is 0 Å². The van der Waals surface area contributed by atoms with Gasteiger partial charge in [0.15, 0.2) is 5.96 Å². The van der Waals surface area contributed by atoms with Gasteiger partial charge in [-0.2, -0.15) is 0 Å². The van der Waals surface area contributed by atoms with E-state index in [1.54, 1.807) is 0 Å². The first-order chi connectivity index (χ1) is 9.26. The van der Waals surface area contributed by atoms with E-state index < -0.39 is 0 Å². The van der Waals surface area contributed by atoms with Crippen LogP contribution in [0, 0.1) is 17.8 Å². The van der Waals surface area contributed by atoms with E-state index in [1.165, 1.54) is 25.7 Å². The predicted molar refractivity (Wildman–Crippen MR) is 82.4 cm³/mol. The van der Waals surface area contributed by atoms with Crippen LogP contribution >= 0.6 is 0 Å². The number of nitrogens with one attached hydrogen (secondary N) is 1. The Morgan fingerprint density at radius 3 is 2.47 bits per heavy atom.